The summed E-state index contributed by atoms with van der Waals surface area (Å²) in [7, 11) is 0. The fourth-order valence-corrected chi connectivity index (χ4v) is 1.85. The van der Waals surface area contributed by atoms with Crippen LogP contribution < -0.4 is 11.1 Å². The maximum absolute atomic E-state index is 6.03. The normalized spacial score (nSPS) is 10.7. The van der Waals surface area contributed by atoms with Crippen LogP contribution in [0.4, 0.5) is 17.5 Å². The zero-order valence-corrected chi connectivity index (χ0v) is 11.1. The van der Waals surface area contributed by atoms with Crippen molar-refractivity contribution in [2.24, 2.45) is 0 Å². The molecule has 1 aromatic heterocycles. The summed E-state index contributed by atoms with van der Waals surface area (Å²) in [6.07, 6.45) is 1.49. The number of nitrogens with one attached hydrogen (secondary N) is 1. The molecule has 5 heteroatoms. The Balaban J connectivity index is 2.37. The van der Waals surface area contributed by atoms with E-state index >= 15 is 0 Å². The van der Waals surface area contributed by atoms with Gasteiger partial charge >= 0.3 is 0 Å². The molecule has 0 fully saturated rings. The first-order valence-corrected chi connectivity index (χ1v) is 6.09. The highest BCUT2D eigenvalue weighted by Crippen LogP contribution is 2.29. The third kappa shape index (κ3) is 2.71. The topological polar surface area (TPSA) is 63.8 Å². The first-order chi connectivity index (χ1) is 8.58. The molecular formula is C13H15ClN4. The SMILES string of the molecule is CC(C)c1ccccc1Nc1nc(N)ncc1Cl. The van der Waals surface area contributed by atoms with Crippen molar-refractivity contribution in [3.8, 4) is 0 Å². The van der Waals surface area contributed by atoms with Crippen molar-refractivity contribution in [1.82, 2.24) is 9.97 Å². The minimum atomic E-state index is 0.198. The summed E-state index contributed by atoms with van der Waals surface area (Å²) in [5.41, 5.74) is 7.74. The van der Waals surface area contributed by atoms with Crippen LogP contribution in [0.15, 0.2) is 30.5 Å². The van der Waals surface area contributed by atoms with Gasteiger partial charge < -0.3 is 11.1 Å². The number of para-hydroxylation sites is 1. The molecule has 0 radical (unpaired) electrons. The summed E-state index contributed by atoms with van der Waals surface area (Å²) >= 11 is 6.03. The fraction of sp³-hybridized carbons (Fsp3) is 0.231. The van der Waals surface area contributed by atoms with Crippen LogP contribution >= 0.6 is 11.6 Å². The molecule has 0 aliphatic heterocycles. The van der Waals surface area contributed by atoms with E-state index < -0.39 is 0 Å². The number of nitrogens with zero attached hydrogens (tertiary/aromatic N) is 2. The predicted molar refractivity (Wildman–Crippen MR) is 75.3 cm³/mol. The number of nitrogens with two attached hydrogens (primary N) is 1. The average molecular weight is 263 g/mol. The maximum atomic E-state index is 6.03. The second kappa shape index (κ2) is 5.23. The summed E-state index contributed by atoms with van der Waals surface area (Å²) in [5.74, 6) is 1.13. The molecule has 18 heavy (non-hydrogen) atoms. The lowest BCUT2D eigenvalue weighted by molar-refractivity contribution is 0.869. The van der Waals surface area contributed by atoms with E-state index in [4.69, 9.17) is 17.3 Å². The van der Waals surface area contributed by atoms with Crippen LogP contribution in [0.3, 0.4) is 0 Å². The summed E-state index contributed by atoms with van der Waals surface area (Å²) in [6, 6.07) is 8.04. The van der Waals surface area contributed by atoms with Gasteiger partial charge in [0, 0.05) is 5.69 Å². The predicted octanol–water partition coefficient (Wildman–Crippen LogP) is 3.58. The Bertz CT molecular complexity index is 554. The quantitative estimate of drug-likeness (QED) is 0.887. The van der Waals surface area contributed by atoms with Gasteiger partial charge in [-0.15, -0.1) is 0 Å². The van der Waals surface area contributed by atoms with Gasteiger partial charge in [0.2, 0.25) is 5.95 Å². The van der Waals surface area contributed by atoms with Crippen LogP contribution in [0.25, 0.3) is 0 Å². The van der Waals surface area contributed by atoms with Gasteiger partial charge in [0.15, 0.2) is 5.82 Å². The molecule has 94 valence electrons. The van der Waals surface area contributed by atoms with Crippen LogP contribution in [-0.4, -0.2) is 9.97 Å². The Morgan fingerprint density at radius 1 is 1.28 bits per heavy atom. The zero-order valence-electron chi connectivity index (χ0n) is 10.3. The molecule has 1 aromatic carbocycles. The number of aromatic nitrogens is 2. The van der Waals surface area contributed by atoms with Gasteiger partial charge in [-0.1, -0.05) is 43.6 Å². The molecule has 0 saturated carbocycles. The van der Waals surface area contributed by atoms with E-state index in [1.165, 1.54) is 11.8 Å². The van der Waals surface area contributed by atoms with E-state index in [0.717, 1.165) is 5.69 Å². The van der Waals surface area contributed by atoms with Crippen molar-refractivity contribution in [3.05, 3.63) is 41.0 Å². The van der Waals surface area contributed by atoms with E-state index in [0.29, 0.717) is 16.8 Å². The lowest BCUT2D eigenvalue weighted by Gasteiger charge is -2.14. The standard InChI is InChI=1S/C13H15ClN4/c1-8(2)9-5-3-4-6-11(9)17-12-10(14)7-16-13(15)18-12/h3-8H,1-2H3,(H3,15,16,17,18). The van der Waals surface area contributed by atoms with Crippen molar-refractivity contribution in [2.75, 3.05) is 11.1 Å². The Morgan fingerprint density at radius 3 is 2.72 bits per heavy atom. The van der Waals surface area contributed by atoms with Gasteiger partial charge in [0.25, 0.3) is 0 Å². The van der Waals surface area contributed by atoms with Crippen molar-refractivity contribution >= 4 is 29.1 Å². The Kier molecular flexibility index (Phi) is 3.67. The molecule has 0 bridgehead atoms. The zero-order chi connectivity index (χ0) is 13.1. The molecule has 0 saturated heterocycles. The van der Waals surface area contributed by atoms with E-state index in [9.17, 15) is 0 Å². The molecule has 0 unspecified atom stereocenters. The molecule has 1 heterocycles. The Morgan fingerprint density at radius 2 is 2.00 bits per heavy atom. The minimum absolute atomic E-state index is 0.198. The third-order valence-corrected chi connectivity index (χ3v) is 2.88. The molecule has 3 N–H and O–H groups in total. The van der Waals surface area contributed by atoms with E-state index in [1.54, 1.807) is 0 Å². The summed E-state index contributed by atoms with van der Waals surface area (Å²) in [4.78, 5) is 7.93. The molecule has 2 rings (SSSR count). The highest BCUT2D eigenvalue weighted by atomic mass is 35.5. The average Bonchev–Trinajstić information content (AvgIpc) is 2.34. The van der Waals surface area contributed by atoms with Crippen molar-refractivity contribution in [1.29, 1.82) is 0 Å². The van der Waals surface area contributed by atoms with Gasteiger partial charge in [-0.2, -0.15) is 4.98 Å². The first-order valence-electron chi connectivity index (χ1n) is 5.72. The van der Waals surface area contributed by atoms with Crippen molar-refractivity contribution in [3.63, 3.8) is 0 Å². The molecule has 0 amide bonds. The number of rotatable bonds is 3. The van der Waals surface area contributed by atoms with Crippen molar-refractivity contribution < 1.29 is 0 Å². The van der Waals surface area contributed by atoms with Gasteiger partial charge in [0.05, 0.1) is 6.20 Å². The number of anilines is 3. The molecule has 2 aromatic rings. The highest BCUT2D eigenvalue weighted by molar-refractivity contribution is 6.32. The lowest BCUT2D eigenvalue weighted by atomic mass is 10.0. The molecule has 0 aliphatic carbocycles. The Labute approximate surface area is 111 Å². The summed E-state index contributed by atoms with van der Waals surface area (Å²) < 4.78 is 0. The van der Waals surface area contributed by atoms with E-state index in [-0.39, 0.29) is 5.95 Å². The second-order valence-corrected chi connectivity index (χ2v) is 4.70. The lowest BCUT2D eigenvalue weighted by Crippen LogP contribution is -2.02. The monoisotopic (exact) mass is 262 g/mol. The van der Waals surface area contributed by atoms with E-state index in [2.05, 4.69) is 35.2 Å². The van der Waals surface area contributed by atoms with Gasteiger partial charge in [0.1, 0.15) is 5.02 Å². The Hall–Kier alpha value is -1.81. The molecular weight excluding hydrogens is 248 g/mol. The van der Waals surface area contributed by atoms with Gasteiger partial charge in [-0.3, -0.25) is 0 Å². The molecule has 0 aliphatic rings. The van der Waals surface area contributed by atoms with Gasteiger partial charge in [-0.25, -0.2) is 4.98 Å². The molecule has 0 spiro atoms. The smallest absolute Gasteiger partial charge is 0.222 e. The summed E-state index contributed by atoms with van der Waals surface area (Å²) in [6.45, 7) is 4.27. The fourth-order valence-electron chi connectivity index (χ4n) is 1.71. The highest BCUT2D eigenvalue weighted by Gasteiger charge is 2.09. The molecule has 4 nitrogen and oxygen atoms in total. The number of hydrogen-bond donors (Lipinski definition) is 2. The third-order valence-electron chi connectivity index (χ3n) is 2.60. The van der Waals surface area contributed by atoms with Gasteiger partial charge in [-0.05, 0) is 17.5 Å². The van der Waals surface area contributed by atoms with Crippen LogP contribution in [0.1, 0.15) is 25.3 Å². The van der Waals surface area contributed by atoms with E-state index in [1.807, 2.05) is 18.2 Å². The van der Waals surface area contributed by atoms with Crippen LogP contribution in [-0.2, 0) is 0 Å². The van der Waals surface area contributed by atoms with Crippen molar-refractivity contribution in [2.45, 2.75) is 19.8 Å². The largest absolute Gasteiger partial charge is 0.368 e. The maximum Gasteiger partial charge on any atom is 0.222 e. The second-order valence-electron chi connectivity index (χ2n) is 4.29. The number of nitrogen functional groups attached to an aromatic ring is 1. The van der Waals surface area contributed by atoms with Crippen LogP contribution in [0.2, 0.25) is 5.02 Å². The van der Waals surface area contributed by atoms with Crippen LogP contribution in [0, 0.1) is 0 Å². The van der Waals surface area contributed by atoms with Crippen LogP contribution in [0.5, 0.6) is 0 Å². The number of benzene rings is 1. The minimum Gasteiger partial charge on any atom is -0.368 e. The number of hydrogen-bond acceptors (Lipinski definition) is 4. The summed E-state index contributed by atoms with van der Waals surface area (Å²) in [5, 5.41) is 3.65. The number of halogens is 1. The first kappa shape index (κ1) is 12.6. The molecule has 0 atom stereocenters.